The standard InChI is InChI=1S/C15H22N2O6/c1-15(2,3)23-14(21)16-7-11-9(12(19)8-18)5-6-10(17-11)13(20)22-4/h5-6,12,18-19H,7-8H2,1-4H3,(H,16,21). The smallest absolute Gasteiger partial charge is 0.407 e. The van der Waals surface area contributed by atoms with Crippen LogP contribution in [0.4, 0.5) is 4.79 Å². The third-order valence-electron chi connectivity index (χ3n) is 2.73. The number of esters is 1. The van der Waals surface area contributed by atoms with Crippen LogP contribution in [-0.2, 0) is 16.0 Å². The first-order valence-electron chi connectivity index (χ1n) is 7.02. The van der Waals surface area contributed by atoms with Crippen molar-refractivity contribution in [2.24, 2.45) is 0 Å². The zero-order valence-electron chi connectivity index (χ0n) is 13.6. The molecule has 0 aliphatic heterocycles. The number of nitrogens with one attached hydrogen (secondary N) is 1. The maximum atomic E-state index is 11.7. The van der Waals surface area contributed by atoms with Gasteiger partial charge in [-0.2, -0.15) is 0 Å². The van der Waals surface area contributed by atoms with Gasteiger partial charge in [0.05, 0.1) is 26.0 Å². The van der Waals surface area contributed by atoms with Crippen LogP contribution >= 0.6 is 0 Å². The second-order valence-electron chi connectivity index (χ2n) is 5.78. The molecule has 8 nitrogen and oxygen atoms in total. The van der Waals surface area contributed by atoms with Gasteiger partial charge in [0.1, 0.15) is 17.4 Å². The van der Waals surface area contributed by atoms with Crippen molar-refractivity contribution in [3.8, 4) is 0 Å². The molecule has 128 valence electrons. The molecule has 0 aromatic carbocycles. The van der Waals surface area contributed by atoms with Gasteiger partial charge in [0.25, 0.3) is 0 Å². The predicted molar refractivity (Wildman–Crippen MR) is 80.7 cm³/mol. The van der Waals surface area contributed by atoms with E-state index in [2.05, 4.69) is 15.0 Å². The first kappa shape index (κ1) is 18.9. The lowest BCUT2D eigenvalue weighted by atomic mass is 10.1. The van der Waals surface area contributed by atoms with Crippen molar-refractivity contribution in [1.82, 2.24) is 10.3 Å². The second kappa shape index (κ2) is 7.89. The first-order valence-corrected chi connectivity index (χ1v) is 7.02. The molecule has 0 fully saturated rings. The van der Waals surface area contributed by atoms with Crippen molar-refractivity contribution in [2.75, 3.05) is 13.7 Å². The first-order chi connectivity index (χ1) is 10.7. The highest BCUT2D eigenvalue weighted by atomic mass is 16.6. The zero-order chi connectivity index (χ0) is 17.6. The molecular formula is C15H22N2O6. The van der Waals surface area contributed by atoms with E-state index in [4.69, 9.17) is 9.84 Å². The lowest BCUT2D eigenvalue weighted by Gasteiger charge is -2.20. The van der Waals surface area contributed by atoms with Crippen molar-refractivity contribution < 1.29 is 29.3 Å². The molecule has 1 amide bonds. The number of hydrogen-bond acceptors (Lipinski definition) is 7. The summed E-state index contributed by atoms with van der Waals surface area (Å²) in [6.45, 7) is 4.59. The number of aliphatic hydroxyl groups is 2. The number of carbonyl (C=O) groups is 2. The highest BCUT2D eigenvalue weighted by molar-refractivity contribution is 5.87. The van der Waals surface area contributed by atoms with Crippen molar-refractivity contribution >= 4 is 12.1 Å². The summed E-state index contributed by atoms with van der Waals surface area (Å²) in [6.07, 6.45) is -1.84. The van der Waals surface area contributed by atoms with E-state index < -0.39 is 30.4 Å². The molecule has 8 heteroatoms. The molecule has 0 saturated carbocycles. The fraction of sp³-hybridized carbons (Fsp3) is 0.533. The molecule has 0 aliphatic carbocycles. The Morgan fingerprint density at radius 2 is 2.00 bits per heavy atom. The van der Waals surface area contributed by atoms with E-state index in [0.717, 1.165) is 0 Å². The number of rotatable bonds is 5. The van der Waals surface area contributed by atoms with Gasteiger partial charge in [-0.25, -0.2) is 14.6 Å². The third kappa shape index (κ3) is 5.84. The third-order valence-corrected chi connectivity index (χ3v) is 2.73. The lowest BCUT2D eigenvalue weighted by molar-refractivity contribution is 0.0521. The number of hydrogen-bond donors (Lipinski definition) is 3. The number of carbonyl (C=O) groups excluding carboxylic acids is 2. The molecule has 0 saturated heterocycles. The number of alkyl carbamates (subject to hydrolysis) is 1. The Morgan fingerprint density at radius 1 is 1.35 bits per heavy atom. The molecule has 1 atom stereocenters. The molecule has 23 heavy (non-hydrogen) atoms. The summed E-state index contributed by atoms with van der Waals surface area (Å²) < 4.78 is 9.69. The van der Waals surface area contributed by atoms with E-state index in [1.807, 2.05) is 0 Å². The van der Waals surface area contributed by atoms with Gasteiger partial charge in [0, 0.05) is 5.56 Å². The number of ether oxygens (including phenoxy) is 2. The van der Waals surface area contributed by atoms with Crippen molar-refractivity contribution in [3.05, 3.63) is 29.1 Å². The van der Waals surface area contributed by atoms with Gasteiger partial charge in [-0.05, 0) is 26.8 Å². The minimum Gasteiger partial charge on any atom is -0.464 e. The number of nitrogens with zero attached hydrogens (tertiary/aromatic N) is 1. The highest BCUT2D eigenvalue weighted by Crippen LogP contribution is 2.17. The Labute approximate surface area is 134 Å². The maximum Gasteiger partial charge on any atom is 0.407 e. The zero-order valence-corrected chi connectivity index (χ0v) is 13.6. The van der Waals surface area contributed by atoms with E-state index in [1.54, 1.807) is 20.8 Å². The molecule has 0 bridgehead atoms. The van der Waals surface area contributed by atoms with E-state index >= 15 is 0 Å². The molecule has 3 N–H and O–H groups in total. The molecule has 0 spiro atoms. The largest absolute Gasteiger partial charge is 0.464 e. The van der Waals surface area contributed by atoms with Crippen LogP contribution in [0.1, 0.15) is 48.6 Å². The number of amides is 1. The van der Waals surface area contributed by atoms with Gasteiger partial charge in [0.2, 0.25) is 0 Å². The molecule has 1 heterocycles. The molecular weight excluding hydrogens is 304 g/mol. The highest BCUT2D eigenvalue weighted by Gasteiger charge is 2.19. The van der Waals surface area contributed by atoms with E-state index in [0.29, 0.717) is 5.56 Å². The quantitative estimate of drug-likeness (QED) is 0.688. The van der Waals surface area contributed by atoms with Crippen LogP contribution in [0.5, 0.6) is 0 Å². The molecule has 1 aromatic heterocycles. The van der Waals surface area contributed by atoms with Crippen LogP contribution in [0.25, 0.3) is 0 Å². The summed E-state index contributed by atoms with van der Waals surface area (Å²) in [6, 6.07) is 2.82. The molecule has 1 aromatic rings. The number of aromatic nitrogens is 1. The van der Waals surface area contributed by atoms with Crippen molar-refractivity contribution in [2.45, 2.75) is 39.0 Å². The van der Waals surface area contributed by atoms with Crippen LogP contribution in [0.3, 0.4) is 0 Å². The Balaban J connectivity index is 2.96. The summed E-state index contributed by atoms with van der Waals surface area (Å²) in [4.78, 5) is 27.3. The summed E-state index contributed by atoms with van der Waals surface area (Å²) in [5.41, 5.74) is -0.0855. The van der Waals surface area contributed by atoms with E-state index in [9.17, 15) is 14.7 Å². The molecule has 1 unspecified atom stereocenters. The van der Waals surface area contributed by atoms with Gasteiger partial charge in [-0.3, -0.25) is 0 Å². The van der Waals surface area contributed by atoms with Crippen molar-refractivity contribution in [3.63, 3.8) is 0 Å². The van der Waals surface area contributed by atoms with Crippen LogP contribution in [0.15, 0.2) is 12.1 Å². The second-order valence-corrected chi connectivity index (χ2v) is 5.78. The van der Waals surface area contributed by atoms with Gasteiger partial charge < -0.3 is 25.0 Å². The predicted octanol–water partition coefficient (Wildman–Crippen LogP) is 0.919. The summed E-state index contributed by atoms with van der Waals surface area (Å²) in [7, 11) is 1.22. The summed E-state index contributed by atoms with van der Waals surface area (Å²) in [5.74, 6) is -0.645. The van der Waals surface area contributed by atoms with Crippen LogP contribution in [-0.4, -0.2) is 46.6 Å². The summed E-state index contributed by atoms with van der Waals surface area (Å²) in [5, 5.41) is 21.4. The Kier molecular flexibility index (Phi) is 6.47. The monoisotopic (exact) mass is 326 g/mol. The molecule has 0 radical (unpaired) electrons. The van der Waals surface area contributed by atoms with Gasteiger partial charge in [-0.15, -0.1) is 0 Å². The fourth-order valence-electron chi connectivity index (χ4n) is 1.74. The summed E-state index contributed by atoms with van der Waals surface area (Å²) >= 11 is 0. The van der Waals surface area contributed by atoms with Gasteiger partial charge in [0.15, 0.2) is 0 Å². The number of methoxy groups -OCH3 is 1. The normalized spacial score (nSPS) is 12.4. The van der Waals surface area contributed by atoms with Crippen molar-refractivity contribution in [1.29, 1.82) is 0 Å². The van der Waals surface area contributed by atoms with Gasteiger partial charge in [-0.1, -0.05) is 6.07 Å². The molecule has 1 rings (SSSR count). The number of aliphatic hydroxyl groups excluding tert-OH is 2. The topological polar surface area (TPSA) is 118 Å². The lowest BCUT2D eigenvalue weighted by Crippen LogP contribution is -2.32. The minimum atomic E-state index is -1.18. The van der Waals surface area contributed by atoms with Crippen LogP contribution in [0.2, 0.25) is 0 Å². The average Bonchev–Trinajstić information content (AvgIpc) is 2.49. The Bertz CT molecular complexity index is 568. The van der Waals surface area contributed by atoms with Crippen LogP contribution < -0.4 is 5.32 Å². The Hall–Kier alpha value is -2.19. The molecule has 0 aliphatic rings. The van der Waals surface area contributed by atoms with Crippen LogP contribution in [0, 0.1) is 0 Å². The van der Waals surface area contributed by atoms with E-state index in [1.165, 1.54) is 19.2 Å². The average molecular weight is 326 g/mol. The SMILES string of the molecule is COC(=O)c1ccc(C(O)CO)c(CNC(=O)OC(C)(C)C)n1. The fourth-order valence-corrected chi connectivity index (χ4v) is 1.74. The maximum absolute atomic E-state index is 11.7. The Morgan fingerprint density at radius 3 is 2.52 bits per heavy atom. The van der Waals surface area contributed by atoms with E-state index in [-0.39, 0.29) is 17.9 Å². The van der Waals surface area contributed by atoms with Gasteiger partial charge >= 0.3 is 12.1 Å². The minimum absolute atomic E-state index is 0.0300. The number of pyridine rings is 1.